The monoisotopic (exact) mass is 256 g/mol. The molecule has 6 heteroatoms. The fourth-order valence-corrected chi connectivity index (χ4v) is 2.17. The largest absolute Gasteiger partial charge is 0.383 e. The van der Waals surface area contributed by atoms with Gasteiger partial charge >= 0.3 is 0 Å². The van der Waals surface area contributed by atoms with Crippen molar-refractivity contribution in [2.24, 2.45) is 0 Å². The zero-order chi connectivity index (χ0) is 12.8. The van der Waals surface area contributed by atoms with Gasteiger partial charge < -0.3 is 11.1 Å². The van der Waals surface area contributed by atoms with Crippen LogP contribution in [0.5, 0.6) is 0 Å². The van der Waals surface area contributed by atoms with Crippen LogP contribution in [0, 0.1) is 0 Å². The van der Waals surface area contributed by atoms with E-state index in [0.717, 1.165) is 11.4 Å². The summed E-state index contributed by atoms with van der Waals surface area (Å²) in [4.78, 5) is 8.17. The van der Waals surface area contributed by atoms with Crippen LogP contribution in [0.25, 0.3) is 0 Å². The lowest BCUT2D eigenvalue weighted by Crippen LogP contribution is -2.15. The minimum atomic E-state index is -0.760. The molecule has 0 aromatic carbocycles. The second-order valence-corrected chi connectivity index (χ2v) is 5.90. The molecule has 0 amide bonds. The highest BCUT2D eigenvalue weighted by atomic mass is 32.2. The van der Waals surface area contributed by atoms with E-state index in [0.29, 0.717) is 23.9 Å². The van der Waals surface area contributed by atoms with E-state index in [1.54, 1.807) is 0 Å². The van der Waals surface area contributed by atoms with Gasteiger partial charge in [0.15, 0.2) is 0 Å². The molecule has 1 aromatic rings. The van der Waals surface area contributed by atoms with Gasteiger partial charge in [-0.2, -0.15) is 0 Å². The van der Waals surface area contributed by atoms with Gasteiger partial charge in [0.2, 0.25) is 0 Å². The maximum Gasteiger partial charge on any atom is 0.135 e. The Kier molecular flexibility index (Phi) is 5.34. The van der Waals surface area contributed by atoms with Crippen LogP contribution in [0.3, 0.4) is 0 Å². The van der Waals surface area contributed by atoms with Crippen molar-refractivity contribution < 1.29 is 4.21 Å². The first kappa shape index (κ1) is 13.9. The Bertz CT molecular complexity index is 395. The third-order valence-electron chi connectivity index (χ3n) is 2.44. The van der Waals surface area contributed by atoms with Crippen molar-refractivity contribution in [3.05, 3.63) is 11.9 Å². The van der Waals surface area contributed by atoms with Crippen molar-refractivity contribution in [2.75, 3.05) is 29.1 Å². The van der Waals surface area contributed by atoms with Crippen LogP contribution >= 0.6 is 0 Å². The third-order valence-corrected chi connectivity index (χ3v) is 3.74. The zero-order valence-electron chi connectivity index (χ0n) is 10.6. The van der Waals surface area contributed by atoms with Crippen LogP contribution < -0.4 is 11.1 Å². The van der Waals surface area contributed by atoms with Crippen LogP contribution in [0.2, 0.25) is 0 Å². The van der Waals surface area contributed by atoms with Crippen LogP contribution in [0.4, 0.5) is 11.6 Å². The van der Waals surface area contributed by atoms with E-state index in [9.17, 15) is 4.21 Å². The molecule has 5 nitrogen and oxygen atoms in total. The van der Waals surface area contributed by atoms with Gasteiger partial charge in [-0.1, -0.05) is 20.8 Å². The van der Waals surface area contributed by atoms with Crippen molar-refractivity contribution in [1.82, 2.24) is 9.97 Å². The van der Waals surface area contributed by atoms with Crippen LogP contribution in [0.1, 0.15) is 32.3 Å². The van der Waals surface area contributed by atoms with Crippen LogP contribution in [-0.2, 0) is 10.8 Å². The first-order valence-electron chi connectivity index (χ1n) is 5.75. The number of anilines is 2. The number of nitrogens with one attached hydrogen (secondary N) is 1. The Labute approximate surface area is 105 Å². The standard InChI is InChI=1S/C11H20N4OS/c1-4-17(16)6-5-13-11-9(8(2)3)10(12)14-7-15-11/h7-8H,4-6H2,1-3H3,(H3,12,13,14,15). The molecule has 0 spiro atoms. The van der Waals surface area contributed by atoms with Crippen molar-refractivity contribution in [3.63, 3.8) is 0 Å². The van der Waals surface area contributed by atoms with E-state index in [1.165, 1.54) is 6.33 Å². The molecule has 0 saturated carbocycles. The van der Waals surface area contributed by atoms with E-state index in [2.05, 4.69) is 15.3 Å². The predicted molar refractivity (Wildman–Crippen MR) is 72.6 cm³/mol. The molecule has 1 rings (SSSR count). The fourth-order valence-electron chi connectivity index (χ4n) is 1.55. The van der Waals surface area contributed by atoms with E-state index in [4.69, 9.17) is 5.73 Å². The number of nitrogen functional groups attached to an aromatic ring is 1. The van der Waals surface area contributed by atoms with E-state index in [1.807, 2.05) is 20.8 Å². The van der Waals surface area contributed by atoms with Gasteiger partial charge in [0, 0.05) is 34.4 Å². The Morgan fingerprint density at radius 2 is 2.18 bits per heavy atom. The number of hydrogen-bond donors (Lipinski definition) is 2. The summed E-state index contributed by atoms with van der Waals surface area (Å²) in [6.07, 6.45) is 1.44. The first-order chi connectivity index (χ1) is 8.06. The molecule has 0 fully saturated rings. The molecule has 0 radical (unpaired) electrons. The van der Waals surface area contributed by atoms with E-state index in [-0.39, 0.29) is 5.92 Å². The van der Waals surface area contributed by atoms with Gasteiger partial charge in [-0.3, -0.25) is 4.21 Å². The second kappa shape index (κ2) is 6.54. The minimum Gasteiger partial charge on any atom is -0.383 e. The maximum absolute atomic E-state index is 11.3. The number of aromatic nitrogens is 2. The molecular formula is C11H20N4OS. The fraction of sp³-hybridized carbons (Fsp3) is 0.636. The lowest BCUT2D eigenvalue weighted by molar-refractivity contribution is 0.684. The highest BCUT2D eigenvalue weighted by Gasteiger charge is 2.12. The number of hydrogen-bond acceptors (Lipinski definition) is 5. The Morgan fingerprint density at radius 1 is 1.47 bits per heavy atom. The summed E-state index contributed by atoms with van der Waals surface area (Å²) < 4.78 is 11.3. The third kappa shape index (κ3) is 3.96. The molecule has 0 aliphatic rings. The van der Waals surface area contributed by atoms with Crippen LogP contribution in [0.15, 0.2) is 6.33 Å². The van der Waals surface area contributed by atoms with Gasteiger partial charge in [-0.25, -0.2) is 9.97 Å². The average molecular weight is 256 g/mol. The Morgan fingerprint density at radius 3 is 2.76 bits per heavy atom. The number of nitrogens with two attached hydrogens (primary N) is 1. The van der Waals surface area contributed by atoms with E-state index < -0.39 is 10.8 Å². The zero-order valence-corrected chi connectivity index (χ0v) is 11.4. The topological polar surface area (TPSA) is 80.9 Å². The average Bonchev–Trinajstić information content (AvgIpc) is 2.28. The summed E-state index contributed by atoms with van der Waals surface area (Å²) in [7, 11) is -0.760. The molecule has 17 heavy (non-hydrogen) atoms. The maximum atomic E-state index is 11.3. The second-order valence-electron chi connectivity index (χ2n) is 4.04. The normalized spacial score (nSPS) is 12.7. The summed E-state index contributed by atoms with van der Waals surface area (Å²) in [5, 5.41) is 3.18. The van der Waals surface area contributed by atoms with Crippen molar-refractivity contribution >= 4 is 22.4 Å². The van der Waals surface area contributed by atoms with Crippen molar-refractivity contribution in [3.8, 4) is 0 Å². The van der Waals surface area contributed by atoms with Gasteiger partial charge in [0.25, 0.3) is 0 Å². The molecule has 3 N–H and O–H groups in total. The summed E-state index contributed by atoms with van der Waals surface area (Å²) in [5.41, 5.74) is 6.75. The van der Waals surface area contributed by atoms with Gasteiger partial charge in [0.05, 0.1) is 0 Å². The smallest absolute Gasteiger partial charge is 0.135 e. The lowest BCUT2D eigenvalue weighted by Gasteiger charge is -2.14. The summed E-state index contributed by atoms with van der Waals surface area (Å²) in [5.74, 6) is 2.83. The molecule has 1 atom stereocenters. The van der Waals surface area contributed by atoms with Gasteiger partial charge in [-0.15, -0.1) is 0 Å². The highest BCUT2D eigenvalue weighted by molar-refractivity contribution is 7.84. The molecule has 1 unspecified atom stereocenters. The molecule has 0 saturated heterocycles. The molecule has 1 aromatic heterocycles. The Balaban J connectivity index is 2.70. The Hall–Kier alpha value is -1.17. The molecular weight excluding hydrogens is 236 g/mol. The van der Waals surface area contributed by atoms with Crippen molar-refractivity contribution in [1.29, 1.82) is 0 Å². The quantitative estimate of drug-likeness (QED) is 0.803. The van der Waals surface area contributed by atoms with Gasteiger partial charge in [0.1, 0.15) is 18.0 Å². The van der Waals surface area contributed by atoms with Crippen LogP contribution in [-0.4, -0.2) is 32.2 Å². The molecule has 0 aliphatic heterocycles. The summed E-state index contributed by atoms with van der Waals surface area (Å²) in [6, 6.07) is 0. The summed E-state index contributed by atoms with van der Waals surface area (Å²) >= 11 is 0. The number of nitrogens with zero attached hydrogens (tertiary/aromatic N) is 2. The van der Waals surface area contributed by atoms with Crippen molar-refractivity contribution in [2.45, 2.75) is 26.7 Å². The minimum absolute atomic E-state index is 0.260. The van der Waals surface area contributed by atoms with E-state index >= 15 is 0 Å². The van der Waals surface area contributed by atoms with Gasteiger partial charge in [-0.05, 0) is 5.92 Å². The molecule has 0 aliphatic carbocycles. The molecule has 96 valence electrons. The first-order valence-corrected chi connectivity index (χ1v) is 7.24. The lowest BCUT2D eigenvalue weighted by atomic mass is 10.1. The predicted octanol–water partition coefficient (Wildman–Crippen LogP) is 1.36. The molecule has 0 bridgehead atoms. The highest BCUT2D eigenvalue weighted by Crippen LogP contribution is 2.25. The molecule has 1 heterocycles. The number of rotatable bonds is 6. The SMILES string of the molecule is CCS(=O)CCNc1ncnc(N)c1C(C)C. The summed E-state index contributed by atoms with van der Waals surface area (Å²) in [6.45, 7) is 6.64.